The molecule has 1 rings (SSSR count). The normalized spacial score (nSPS) is 20.9. The van der Waals surface area contributed by atoms with Gasteiger partial charge in [0.05, 0.1) is 6.04 Å². The molecule has 22 heavy (non-hydrogen) atoms. The summed E-state index contributed by atoms with van der Waals surface area (Å²) in [6.07, 6.45) is 2.91. The van der Waals surface area contributed by atoms with Crippen LogP contribution in [0.15, 0.2) is 0 Å². The number of esters is 1. The molecule has 6 heteroatoms. The molecule has 6 nitrogen and oxygen atoms in total. The second kappa shape index (κ2) is 8.15. The number of hydrogen-bond acceptors (Lipinski definition) is 5. The van der Waals surface area contributed by atoms with Gasteiger partial charge in [-0.1, -0.05) is 6.92 Å². The molecule has 0 aromatic rings. The van der Waals surface area contributed by atoms with Gasteiger partial charge in [-0.3, -0.25) is 4.79 Å². The first kappa shape index (κ1) is 18.5. The van der Waals surface area contributed by atoms with Crippen molar-refractivity contribution in [1.29, 1.82) is 0 Å². The maximum absolute atomic E-state index is 12.0. The lowest BCUT2D eigenvalue weighted by atomic mass is 9.93. The highest BCUT2D eigenvalue weighted by atomic mass is 16.6. The fourth-order valence-corrected chi connectivity index (χ4v) is 2.50. The summed E-state index contributed by atoms with van der Waals surface area (Å²) >= 11 is 0. The van der Waals surface area contributed by atoms with Crippen molar-refractivity contribution in [1.82, 2.24) is 5.32 Å². The molecule has 1 saturated heterocycles. The zero-order valence-electron chi connectivity index (χ0n) is 13.9. The number of carbonyl (C=O) groups is 3. The van der Waals surface area contributed by atoms with Crippen LogP contribution in [0, 0.1) is 5.92 Å². The molecule has 1 fully saturated rings. The van der Waals surface area contributed by atoms with E-state index in [0.29, 0.717) is 25.7 Å². The first-order valence-electron chi connectivity index (χ1n) is 7.84. The van der Waals surface area contributed by atoms with Crippen LogP contribution in [0.3, 0.4) is 0 Å². The lowest BCUT2D eigenvalue weighted by Crippen LogP contribution is -2.46. The highest BCUT2D eigenvalue weighted by Crippen LogP contribution is 2.23. The Morgan fingerprint density at radius 3 is 2.68 bits per heavy atom. The fourth-order valence-electron chi connectivity index (χ4n) is 2.50. The van der Waals surface area contributed by atoms with Gasteiger partial charge in [-0.05, 0) is 46.0 Å². The topological polar surface area (TPSA) is 81.7 Å². The van der Waals surface area contributed by atoms with E-state index in [1.54, 1.807) is 20.8 Å². The summed E-state index contributed by atoms with van der Waals surface area (Å²) in [5.74, 6) is 0.00553. The van der Waals surface area contributed by atoms with Gasteiger partial charge in [0.1, 0.15) is 18.0 Å². The van der Waals surface area contributed by atoms with E-state index in [4.69, 9.17) is 9.47 Å². The van der Waals surface area contributed by atoms with Crippen LogP contribution < -0.4 is 5.32 Å². The van der Waals surface area contributed by atoms with Crippen LogP contribution in [0.2, 0.25) is 0 Å². The Morgan fingerprint density at radius 1 is 1.50 bits per heavy atom. The Kier molecular flexibility index (Phi) is 6.84. The largest absolute Gasteiger partial charge is 0.460 e. The maximum atomic E-state index is 12.0. The number of nitrogens with one attached hydrogen (secondary N) is 1. The van der Waals surface area contributed by atoms with Gasteiger partial charge in [-0.25, -0.2) is 4.79 Å². The minimum Gasteiger partial charge on any atom is -0.460 e. The molecule has 1 heterocycles. The number of ether oxygens (including phenoxy) is 2. The van der Waals surface area contributed by atoms with Crippen molar-refractivity contribution in [2.45, 2.75) is 77.5 Å². The summed E-state index contributed by atoms with van der Waals surface area (Å²) < 4.78 is 10.6. The Balaban J connectivity index is 2.63. The zero-order chi connectivity index (χ0) is 16.8. The molecule has 0 saturated carbocycles. The molecule has 1 amide bonds. The van der Waals surface area contributed by atoms with Crippen LogP contribution in [0.25, 0.3) is 0 Å². The Morgan fingerprint density at radius 2 is 2.18 bits per heavy atom. The molecular weight excluding hydrogens is 286 g/mol. The van der Waals surface area contributed by atoms with Crippen molar-refractivity contribution in [2.75, 3.05) is 0 Å². The minimum atomic E-state index is -0.579. The highest BCUT2D eigenvalue weighted by Gasteiger charge is 2.33. The molecule has 1 aliphatic rings. The SMILES string of the molecule is C[C@@H](CCC=O)CC(NC(=O)OC(C)(C)C)C1CCC(=O)O1. The molecule has 0 aromatic carbocycles. The van der Waals surface area contributed by atoms with Crippen LogP contribution in [0.5, 0.6) is 0 Å². The van der Waals surface area contributed by atoms with E-state index in [-0.39, 0.29) is 24.0 Å². The number of alkyl carbamates (subject to hydrolysis) is 1. The first-order valence-corrected chi connectivity index (χ1v) is 7.84. The van der Waals surface area contributed by atoms with Crippen molar-refractivity contribution in [3.05, 3.63) is 0 Å². The summed E-state index contributed by atoms with van der Waals surface area (Å²) in [6, 6.07) is -0.289. The summed E-state index contributed by atoms with van der Waals surface area (Å²) in [5.41, 5.74) is -0.579. The molecule has 3 atom stereocenters. The number of amides is 1. The molecule has 0 aromatic heterocycles. The third-order valence-corrected chi connectivity index (χ3v) is 3.50. The van der Waals surface area contributed by atoms with Gasteiger partial charge < -0.3 is 19.6 Å². The number of hydrogen-bond donors (Lipinski definition) is 1. The van der Waals surface area contributed by atoms with Gasteiger partial charge in [0.25, 0.3) is 0 Å². The second-order valence-electron chi connectivity index (χ2n) is 6.90. The molecular formula is C16H27NO5. The Labute approximate surface area is 131 Å². The van der Waals surface area contributed by atoms with Crippen LogP contribution in [-0.2, 0) is 19.1 Å². The average molecular weight is 313 g/mol. The second-order valence-corrected chi connectivity index (χ2v) is 6.90. The molecule has 0 aliphatic carbocycles. The van der Waals surface area contributed by atoms with Crippen LogP contribution in [0.1, 0.15) is 59.8 Å². The third kappa shape index (κ3) is 6.91. The van der Waals surface area contributed by atoms with E-state index >= 15 is 0 Å². The molecule has 126 valence electrons. The standard InChI is InChI=1S/C16H27NO5/c1-11(6-5-9-18)10-12(13-7-8-14(19)21-13)17-15(20)22-16(2,3)4/h9,11-13H,5-8,10H2,1-4H3,(H,17,20)/t11-,12?,13?/m0/s1. The number of aldehydes is 1. The van der Waals surface area contributed by atoms with E-state index < -0.39 is 11.7 Å². The Bertz CT molecular complexity index is 402. The smallest absolute Gasteiger partial charge is 0.408 e. The quantitative estimate of drug-likeness (QED) is 0.577. The van der Waals surface area contributed by atoms with Crippen LogP contribution >= 0.6 is 0 Å². The maximum Gasteiger partial charge on any atom is 0.408 e. The van der Waals surface area contributed by atoms with Crippen LogP contribution in [0.4, 0.5) is 4.79 Å². The fraction of sp³-hybridized carbons (Fsp3) is 0.812. The van der Waals surface area contributed by atoms with Gasteiger partial charge in [-0.2, -0.15) is 0 Å². The van der Waals surface area contributed by atoms with E-state index in [9.17, 15) is 14.4 Å². The molecule has 2 unspecified atom stereocenters. The van der Waals surface area contributed by atoms with Gasteiger partial charge in [-0.15, -0.1) is 0 Å². The van der Waals surface area contributed by atoms with Gasteiger partial charge in [0, 0.05) is 12.8 Å². The van der Waals surface area contributed by atoms with Crippen molar-refractivity contribution >= 4 is 18.3 Å². The summed E-state index contributed by atoms with van der Waals surface area (Å²) in [5, 5.41) is 2.82. The summed E-state index contributed by atoms with van der Waals surface area (Å²) in [6.45, 7) is 7.40. The average Bonchev–Trinajstić information content (AvgIpc) is 2.80. The lowest BCUT2D eigenvalue weighted by Gasteiger charge is -2.28. The lowest BCUT2D eigenvalue weighted by molar-refractivity contribution is -0.142. The molecule has 0 spiro atoms. The minimum absolute atomic E-state index is 0.235. The molecule has 1 aliphatic heterocycles. The van der Waals surface area contributed by atoms with Crippen molar-refractivity contribution in [3.8, 4) is 0 Å². The van der Waals surface area contributed by atoms with E-state index in [1.807, 2.05) is 6.92 Å². The zero-order valence-corrected chi connectivity index (χ0v) is 13.9. The van der Waals surface area contributed by atoms with Gasteiger partial charge in [0.15, 0.2) is 0 Å². The highest BCUT2D eigenvalue weighted by molar-refractivity contribution is 5.72. The van der Waals surface area contributed by atoms with Crippen LogP contribution in [-0.4, -0.2) is 36.1 Å². The predicted octanol–water partition coefficient (Wildman–Crippen LogP) is 2.59. The van der Waals surface area contributed by atoms with E-state index in [0.717, 1.165) is 12.7 Å². The molecule has 1 N–H and O–H groups in total. The summed E-state index contributed by atoms with van der Waals surface area (Å²) in [4.78, 5) is 33.8. The molecule has 0 radical (unpaired) electrons. The van der Waals surface area contributed by atoms with Crippen molar-refractivity contribution < 1.29 is 23.9 Å². The van der Waals surface area contributed by atoms with E-state index in [2.05, 4.69) is 5.32 Å². The monoisotopic (exact) mass is 313 g/mol. The summed E-state index contributed by atoms with van der Waals surface area (Å²) in [7, 11) is 0. The number of cyclic esters (lactones) is 1. The third-order valence-electron chi connectivity index (χ3n) is 3.50. The number of carbonyl (C=O) groups excluding carboxylic acids is 3. The molecule has 0 bridgehead atoms. The number of rotatable bonds is 7. The van der Waals surface area contributed by atoms with Crippen molar-refractivity contribution in [3.63, 3.8) is 0 Å². The Hall–Kier alpha value is -1.59. The predicted molar refractivity (Wildman–Crippen MR) is 81.4 cm³/mol. The van der Waals surface area contributed by atoms with Gasteiger partial charge >= 0.3 is 12.1 Å². The van der Waals surface area contributed by atoms with Gasteiger partial charge in [0.2, 0.25) is 0 Å². The van der Waals surface area contributed by atoms with Crippen molar-refractivity contribution in [2.24, 2.45) is 5.92 Å². The van der Waals surface area contributed by atoms with E-state index in [1.165, 1.54) is 0 Å². The first-order chi connectivity index (χ1) is 10.2.